The van der Waals surface area contributed by atoms with Gasteiger partial charge in [-0.15, -0.1) is 5.10 Å². The van der Waals surface area contributed by atoms with E-state index in [1.807, 2.05) is 18.2 Å². The third kappa shape index (κ3) is 2.82. The Labute approximate surface area is 142 Å². The van der Waals surface area contributed by atoms with E-state index in [2.05, 4.69) is 20.4 Å². The Kier molecular flexibility index (Phi) is 3.64. The van der Waals surface area contributed by atoms with Gasteiger partial charge in [-0.3, -0.25) is 14.9 Å². The van der Waals surface area contributed by atoms with Crippen molar-refractivity contribution in [1.29, 1.82) is 0 Å². The molecule has 126 valence electrons. The van der Waals surface area contributed by atoms with Crippen molar-refractivity contribution in [3.05, 3.63) is 36.7 Å². The number of methoxy groups -OCH3 is 1. The molecule has 0 saturated heterocycles. The first-order chi connectivity index (χ1) is 12.1. The lowest BCUT2D eigenvalue weighted by molar-refractivity contribution is -0.135. The van der Waals surface area contributed by atoms with E-state index in [0.717, 1.165) is 11.1 Å². The van der Waals surface area contributed by atoms with Gasteiger partial charge in [0.05, 0.1) is 13.0 Å². The summed E-state index contributed by atoms with van der Waals surface area (Å²) in [6.45, 7) is 0. The van der Waals surface area contributed by atoms with Gasteiger partial charge >= 0.3 is 0 Å². The number of carbonyl (C=O) groups is 2. The topological polar surface area (TPSA) is 98.5 Å². The third-order valence-electron chi connectivity index (χ3n) is 4.16. The van der Waals surface area contributed by atoms with Crippen LogP contribution in [-0.4, -0.2) is 38.4 Å². The minimum atomic E-state index is -0.269. The summed E-state index contributed by atoms with van der Waals surface area (Å²) in [6, 6.07) is 7.42. The molecular weight excluding hydrogens is 322 g/mol. The molecule has 3 aromatic rings. The van der Waals surface area contributed by atoms with Crippen molar-refractivity contribution in [2.45, 2.75) is 12.8 Å². The minimum absolute atomic E-state index is 0.109. The first-order valence-corrected chi connectivity index (χ1v) is 7.82. The van der Waals surface area contributed by atoms with Gasteiger partial charge in [0, 0.05) is 36.4 Å². The van der Waals surface area contributed by atoms with E-state index in [1.165, 1.54) is 0 Å². The minimum Gasteiger partial charge on any atom is -0.481 e. The highest BCUT2D eigenvalue weighted by atomic mass is 16.5. The normalized spacial score (nSPS) is 14.4. The van der Waals surface area contributed by atoms with Crippen molar-refractivity contribution in [3.63, 3.8) is 0 Å². The van der Waals surface area contributed by atoms with Crippen molar-refractivity contribution >= 4 is 23.3 Å². The Bertz CT molecular complexity index is 973. The lowest BCUT2D eigenvalue weighted by Gasteiger charge is -2.21. The second kappa shape index (κ2) is 5.97. The van der Waals surface area contributed by atoms with Crippen molar-refractivity contribution in [3.8, 4) is 17.0 Å². The summed E-state index contributed by atoms with van der Waals surface area (Å²) >= 11 is 0. The van der Waals surface area contributed by atoms with Gasteiger partial charge in [0.15, 0.2) is 5.65 Å². The van der Waals surface area contributed by atoms with E-state index in [-0.39, 0.29) is 23.6 Å². The molecule has 8 heteroatoms. The van der Waals surface area contributed by atoms with Crippen molar-refractivity contribution < 1.29 is 14.3 Å². The van der Waals surface area contributed by atoms with Crippen LogP contribution >= 0.6 is 0 Å². The number of amides is 1. The van der Waals surface area contributed by atoms with Crippen LogP contribution in [0.15, 0.2) is 36.7 Å². The van der Waals surface area contributed by atoms with Gasteiger partial charge in [0.25, 0.3) is 0 Å². The summed E-state index contributed by atoms with van der Waals surface area (Å²) in [5, 5.41) is 6.95. The maximum Gasteiger partial charge on any atom is 0.249 e. The summed E-state index contributed by atoms with van der Waals surface area (Å²) in [4.78, 5) is 31.5. The zero-order valence-corrected chi connectivity index (χ0v) is 13.5. The van der Waals surface area contributed by atoms with E-state index in [0.29, 0.717) is 24.4 Å². The molecule has 0 spiro atoms. The molecule has 1 saturated carbocycles. The summed E-state index contributed by atoms with van der Waals surface area (Å²) in [6.07, 6.45) is 4.05. The Morgan fingerprint density at radius 2 is 2.16 bits per heavy atom. The molecule has 1 aliphatic rings. The average Bonchev–Trinajstić information content (AvgIpc) is 3.00. The molecule has 1 amide bonds. The van der Waals surface area contributed by atoms with Gasteiger partial charge in [0.2, 0.25) is 17.7 Å². The molecule has 1 fully saturated rings. The number of ether oxygens (including phenoxy) is 1. The lowest BCUT2D eigenvalue weighted by Crippen LogP contribution is -2.34. The molecule has 0 radical (unpaired) electrons. The Morgan fingerprint density at radius 1 is 1.32 bits per heavy atom. The highest BCUT2D eigenvalue weighted by Crippen LogP contribution is 2.28. The molecule has 0 bridgehead atoms. The number of rotatable bonds is 4. The maximum atomic E-state index is 12.0. The van der Waals surface area contributed by atoms with Gasteiger partial charge in [-0.1, -0.05) is 0 Å². The molecule has 0 aliphatic heterocycles. The number of aromatic nitrogens is 4. The van der Waals surface area contributed by atoms with E-state index in [9.17, 15) is 9.59 Å². The van der Waals surface area contributed by atoms with Gasteiger partial charge in [-0.2, -0.15) is 4.98 Å². The first kappa shape index (κ1) is 15.3. The highest BCUT2D eigenvalue weighted by Gasteiger charge is 2.33. The lowest BCUT2D eigenvalue weighted by atomic mass is 9.83. The SMILES string of the molecule is COc1ncccc1-c1ccc2nc(NC(=O)C3CC(=O)C3)nn2c1. The number of Topliss-reactive ketones (excluding diaryl/α,β-unsaturated/α-hetero) is 1. The predicted molar refractivity (Wildman–Crippen MR) is 89.1 cm³/mol. The Balaban J connectivity index is 1.61. The van der Waals surface area contributed by atoms with Crippen molar-refractivity contribution in [1.82, 2.24) is 19.6 Å². The van der Waals surface area contributed by atoms with Gasteiger partial charge < -0.3 is 4.74 Å². The number of fused-ring (bicyclic) bond motifs is 1. The number of carbonyl (C=O) groups excluding carboxylic acids is 2. The number of ketones is 1. The zero-order chi connectivity index (χ0) is 17.4. The Hall–Kier alpha value is -3.29. The largest absolute Gasteiger partial charge is 0.481 e. The number of hydrogen-bond donors (Lipinski definition) is 1. The molecule has 25 heavy (non-hydrogen) atoms. The van der Waals surface area contributed by atoms with Crippen LogP contribution in [0.1, 0.15) is 12.8 Å². The molecule has 8 nitrogen and oxygen atoms in total. The number of hydrogen-bond acceptors (Lipinski definition) is 6. The van der Waals surface area contributed by atoms with Crippen LogP contribution < -0.4 is 10.1 Å². The number of nitrogens with one attached hydrogen (secondary N) is 1. The number of anilines is 1. The van der Waals surface area contributed by atoms with Crippen LogP contribution in [0.5, 0.6) is 5.88 Å². The second-order valence-corrected chi connectivity index (χ2v) is 5.85. The predicted octanol–water partition coefficient (Wildman–Crippen LogP) is 1.72. The average molecular weight is 337 g/mol. The standard InChI is InChI=1S/C17H15N5O3/c1-25-16-13(3-2-6-18-16)10-4-5-14-19-17(21-22(14)9-10)20-15(24)11-7-12(23)8-11/h2-6,9,11H,7-8H2,1H3,(H,20,21,24). The molecule has 3 heterocycles. The van der Waals surface area contributed by atoms with Crippen molar-refractivity contribution in [2.24, 2.45) is 5.92 Å². The third-order valence-corrected chi connectivity index (χ3v) is 4.16. The fourth-order valence-electron chi connectivity index (χ4n) is 2.76. The van der Waals surface area contributed by atoms with Gasteiger partial charge in [-0.05, 0) is 24.3 Å². The van der Waals surface area contributed by atoms with Crippen LogP contribution in [0, 0.1) is 5.92 Å². The van der Waals surface area contributed by atoms with E-state index in [1.54, 1.807) is 30.1 Å². The molecule has 3 aromatic heterocycles. The molecule has 0 aromatic carbocycles. The van der Waals surface area contributed by atoms with Gasteiger partial charge in [-0.25, -0.2) is 9.50 Å². The van der Waals surface area contributed by atoms with Gasteiger partial charge in [0.1, 0.15) is 5.78 Å². The second-order valence-electron chi connectivity index (χ2n) is 5.85. The number of pyridine rings is 2. The molecule has 0 unspecified atom stereocenters. The summed E-state index contributed by atoms with van der Waals surface area (Å²) < 4.78 is 6.87. The highest BCUT2D eigenvalue weighted by molar-refractivity contribution is 6.01. The maximum absolute atomic E-state index is 12.0. The summed E-state index contributed by atoms with van der Waals surface area (Å²) in [5.74, 6) is 0.363. The van der Waals surface area contributed by atoms with Crippen molar-refractivity contribution in [2.75, 3.05) is 12.4 Å². The smallest absolute Gasteiger partial charge is 0.249 e. The Morgan fingerprint density at radius 3 is 2.92 bits per heavy atom. The van der Waals surface area contributed by atoms with E-state index >= 15 is 0 Å². The fraction of sp³-hybridized carbons (Fsp3) is 0.235. The van der Waals surface area contributed by atoms with Crippen LogP contribution in [0.25, 0.3) is 16.8 Å². The summed E-state index contributed by atoms with van der Waals surface area (Å²) in [7, 11) is 1.57. The monoisotopic (exact) mass is 337 g/mol. The molecular formula is C17H15N5O3. The van der Waals surface area contributed by atoms with Crippen LogP contribution in [0.3, 0.4) is 0 Å². The molecule has 1 N–H and O–H groups in total. The molecule has 1 aliphatic carbocycles. The van der Waals surface area contributed by atoms with E-state index < -0.39 is 0 Å². The zero-order valence-electron chi connectivity index (χ0n) is 13.5. The number of nitrogens with zero attached hydrogens (tertiary/aromatic N) is 4. The molecule has 0 atom stereocenters. The van der Waals surface area contributed by atoms with Crippen LogP contribution in [0.2, 0.25) is 0 Å². The summed E-state index contributed by atoms with van der Waals surface area (Å²) in [5.41, 5.74) is 2.30. The van der Waals surface area contributed by atoms with Crippen LogP contribution in [0.4, 0.5) is 5.95 Å². The molecule has 4 rings (SSSR count). The first-order valence-electron chi connectivity index (χ1n) is 7.82. The fourth-order valence-corrected chi connectivity index (χ4v) is 2.76. The quantitative estimate of drug-likeness (QED) is 0.778. The van der Waals surface area contributed by atoms with Crippen LogP contribution in [-0.2, 0) is 9.59 Å². The van der Waals surface area contributed by atoms with E-state index in [4.69, 9.17) is 4.74 Å².